The van der Waals surface area contributed by atoms with Crippen molar-refractivity contribution >= 4 is 46.3 Å². The molecule has 0 radical (unpaired) electrons. The first kappa shape index (κ1) is 16.5. The van der Waals surface area contributed by atoms with Gasteiger partial charge >= 0.3 is 0 Å². The van der Waals surface area contributed by atoms with Crippen molar-refractivity contribution < 1.29 is 9.59 Å². The lowest BCUT2D eigenvalue weighted by Gasteiger charge is -2.13. The summed E-state index contributed by atoms with van der Waals surface area (Å²) in [7, 11) is 0. The first-order valence-electron chi connectivity index (χ1n) is 6.66. The number of hydrogen-bond donors (Lipinski definition) is 1. The van der Waals surface area contributed by atoms with Crippen molar-refractivity contribution in [3.05, 3.63) is 34.9 Å². The molecule has 1 N–H and O–H groups in total. The topological polar surface area (TPSA) is 49.4 Å². The monoisotopic (exact) mass is 344 g/mol. The van der Waals surface area contributed by atoms with Crippen molar-refractivity contribution in [1.82, 2.24) is 10.2 Å². The van der Waals surface area contributed by atoms with Gasteiger partial charge in [0.25, 0.3) is 5.24 Å². The number of rotatable bonds is 7. The van der Waals surface area contributed by atoms with E-state index in [0.29, 0.717) is 13.1 Å². The predicted molar refractivity (Wildman–Crippen MR) is 90.1 cm³/mol. The molecular formula is C14H17ClN2O2S2. The van der Waals surface area contributed by atoms with Gasteiger partial charge in [0.1, 0.15) is 6.54 Å². The van der Waals surface area contributed by atoms with Crippen molar-refractivity contribution in [3.63, 3.8) is 0 Å². The van der Waals surface area contributed by atoms with Crippen LogP contribution in [0.15, 0.2) is 24.3 Å². The Morgan fingerprint density at radius 3 is 2.81 bits per heavy atom. The van der Waals surface area contributed by atoms with Crippen LogP contribution in [-0.2, 0) is 10.5 Å². The zero-order valence-corrected chi connectivity index (χ0v) is 13.9. The summed E-state index contributed by atoms with van der Waals surface area (Å²) in [5.74, 6) is 2.44. The fourth-order valence-corrected chi connectivity index (χ4v) is 3.60. The van der Waals surface area contributed by atoms with Crippen LogP contribution in [0.2, 0.25) is 5.02 Å². The van der Waals surface area contributed by atoms with Gasteiger partial charge in [0, 0.05) is 35.4 Å². The number of hydrogen-bond acceptors (Lipinski definition) is 4. The second-order valence-electron chi connectivity index (χ2n) is 4.56. The third-order valence-electron chi connectivity index (χ3n) is 2.93. The maximum absolute atomic E-state index is 11.7. The molecular weight excluding hydrogens is 328 g/mol. The summed E-state index contributed by atoms with van der Waals surface area (Å²) in [6, 6.07) is 7.77. The van der Waals surface area contributed by atoms with E-state index in [1.165, 1.54) is 17.3 Å². The van der Waals surface area contributed by atoms with E-state index in [2.05, 4.69) is 5.32 Å². The zero-order valence-electron chi connectivity index (χ0n) is 11.5. The average molecular weight is 345 g/mol. The molecule has 7 heteroatoms. The standard InChI is InChI=1S/C14H17ClN2O2S2/c15-12-3-1-11(2-4-12)10-20-7-5-16-13(18)9-17-6-8-21-14(17)19/h1-4H,5-10H2,(H,16,18). The Balaban J connectivity index is 1.56. The van der Waals surface area contributed by atoms with E-state index in [9.17, 15) is 9.59 Å². The number of carbonyl (C=O) groups is 2. The summed E-state index contributed by atoms with van der Waals surface area (Å²) in [4.78, 5) is 24.6. The van der Waals surface area contributed by atoms with Crippen LogP contribution in [0.3, 0.4) is 0 Å². The Morgan fingerprint density at radius 2 is 2.14 bits per heavy atom. The Hall–Kier alpha value is -0.850. The molecule has 0 atom stereocenters. The smallest absolute Gasteiger partial charge is 0.282 e. The van der Waals surface area contributed by atoms with Crippen LogP contribution in [0.25, 0.3) is 0 Å². The Labute approximate surface area is 138 Å². The highest BCUT2D eigenvalue weighted by Gasteiger charge is 2.22. The molecule has 1 saturated heterocycles. The van der Waals surface area contributed by atoms with Crippen molar-refractivity contribution in [2.75, 3.05) is 31.1 Å². The molecule has 0 saturated carbocycles. The molecule has 2 rings (SSSR count). The van der Waals surface area contributed by atoms with E-state index in [1.54, 1.807) is 16.7 Å². The average Bonchev–Trinajstić information content (AvgIpc) is 2.86. The minimum atomic E-state index is -0.0852. The minimum absolute atomic E-state index is 0.00210. The maximum atomic E-state index is 11.7. The Kier molecular flexibility index (Phi) is 6.73. The summed E-state index contributed by atoms with van der Waals surface area (Å²) in [6.45, 7) is 1.46. The van der Waals surface area contributed by atoms with Gasteiger partial charge in [0.05, 0.1) is 0 Å². The van der Waals surface area contributed by atoms with E-state index < -0.39 is 0 Å². The largest absolute Gasteiger partial charge is 0.354 e. The van der Waals surface area contributed by atoms with Crippen LogP contribution >= 0.6 is 35.1 Å². The quantitative estimate of drug-likeness (QED) is 0.773. The second-order valence-corrected chi connectivity index (χ2v) is 7.15. The first-order chi connectivity index (χ1) is 10.1. The number of nitrogens with zero attached hydrogens (tertiary/aromatic N) is 1. The number of halogens is 1. The Bertz CT molecular complexity index is 496. The molecule has 2 amide bonds. The van der Waals surface area contributed by atoms with Crippen LogP contribution in [0, 0.1) is 0 Å². The number of carbonyl (C=O) groups excluding carboxylic acids is 2. The highest BCUT2D eigenvalue weighted by molar-refractivity contribution is 8.13. The maximum Gasteiger partial charge on any atom is 0.282 e. The molecule has 0 aromatic heterocycles. The molecule has 1 aliphatic heterocycles. The third-order valence-corrected chi connectivity index (χ3v) is 5.10. The predicted octanol–water partition coefficient (Wildman–Crippen LogP) is 2.86. The molecule has 0 spiro atoms. The molecule has 1 aromatic carbocycles. The number of amides is 2. The summed E-state index contributed by atoms with van der Waals surface area (Å²) >= 11 is 8.85. The second kappa shape index (κ2) is 8.56. The molecule has 1 aromatic rings. The zero-order chi connectivity index (χ0) is 15.1. The van der Waals surface area contributed by atoms with Gasteiger partial charge in [0.15, 0.2) is 0 Å². The third kappa shape index (κ3) is 5.80. The van der Waals surface area contributed by atoms with E-state index in [1.807, 2.05) is 24.3 Å². The van der Waals surface area contributed by atoms with Gasteiger partial charge in [-0.05, 0) is 17.7 Å². The van der Waals surface area contributed by atoms with Gasteiger partial charge in [0.2, 0.25) is 5.91 Å². The minimum Gasteiger partial charge on any atom is -0.354 e. The SMILES string of the molecule is O=C(CN1CCSC1=O)NCCSCc1ccc(Cl)cc1. The van der Waals surface area contributed by atoms with E-state index >= 15 is 0 Å². The summed E-state index contributed by atoms with van der Waals surface area (Å²) in [5.41, 5.74) is 1.22. The molecule has 0 bridgehead atoms. The van der Waals surface area contributed by atoms with Gasteiger partial charge < -0.3 is 10.2 Å². The highest BCUT2D eigenvalue weighted by atomic mass is 35.5. The number of benzene rings is 1. The summed E-state index contributed by atoms with van der Waals surface area (Å²) in [5, 5.41) is 3.58. The summed E-state index contributed by atoms with van der Waals surface area (Å²) in [6.07, 6.45) is 0. The molecule has 0 unspecified atom stereocenters. The fraction of sp³-hybridized carbons (Fsp3) is 0.429. The van der Waals surface area contributed by atoms with Crippen molar-refractivity contribution in [2.45, 2.75) is 5.75 Å². The normalized spacial score (nSPS) is 14.5. The molecule has 114 valence electrons. The van der Waals surface area contributed by atoms with Gasteiger partial charge in [-0.15, -0.1) is 0 Å². The lowest BCUT2D eigenvalue weighted by Crippen LogP contribution is -2.38. The van der Waals surface area contributed by atoms with Crippen LogP contribution in [0.4, 0.5) is 4.79 Å². The van der Waals surface area contributed by atoms with Gasteiger partial charge in [-0.2, -0.15) is 11.8 Å². The van der Waals surface area contributed by atoms with Crippen molar-refractivity contribution in [3.8, 4) is 0 Å². The van der Waals surface area contributed by atoms with Crippen LogP contribution < -0.4 is 5.32 Å². The van der Waals surface area contributed by atoms with Crippen LogP contribution in [0.5, 0.6) is 0 Å². The number of nitrogens with one attached hydrogen (secondary N) is 1. The van der Waals surface area contributed by atoms with Crippen molar-refractivity contribution in [2.24, 2.45) is 0 Å². The summed E-state index contributed by atoms with van der Waals surface area (Å²) < 4.78 is 0. The van der Waals surface area contributed by atoms with Gasteiger partial charge in [-0.1, -0.05) is 35.5 Å². The van der Waals surface area contributed by atoms with E-state index in [4.69, 9.17) is 11.6 Å². The van der Waals surface area contributed by atoms with Crippen LogP contribution in [-0.4, -0.2) is 47.2 Å². The van der Waals surface area contributed by atoms with E-state index in [0.717, 1.165) is 22.3 Å². The molecule has 1 heterocycles. The lowest BCUT2D eigenvalue weighted by atomic mass is 10.2. The van der Waals surface area contributed by atoms with E-state index in [-0.39, 0.29) is 17.7 Å². The molecule has 21 heavy (non-hydrogen) atoms. The highest BCUT2D eigenvalue weighted by Crippen LogP contribution is 2.16. The molecule has 4 nitrogen and oxygen atoms in total. The molecule has 0 aliphatic carbocycles. The van der Waals surface area contributed by atoms with Gasteiger partial charge in [-0.3, -0.25) is 9.59 Å². The van der Waals surface area contributed by atoms with Crippen LogP contribution in [0.1, 0.15) is 5.56 Å². The number of thioether (sulfide) groups is 2. The lowest BCUT2D eigenvalue weighted by molar-refractivity contribution is -0.121. The fourth-order valence-electron chi connectivity index (χ4n) is 1.83. The molecule has 1 fully saturated rings. The van der Waals surface area contributed by atoms with Crippen molar-refractivity contribution in [1.29, 1.82) is 0 Å². The van der Waals surface area contributed by atoms with Gasteiger partial charge in [-0.25, -0.2) is 0 Å². The first-order valence-corrected chi connectivity index (χ1v) is 9.17. The Morgan fingerprint density at radius 1 is 1.38 bits per heavy atom. The molecule has 1 aliphatic rings.